The first-order valence-corrected chi connectivity index (χ1v) is 8.06. The summed E-state index contributed by atoms with van der Waals surface area (Å²) in [5.74, 6) is 5.64. The zero-order valence-electron chi connectivity index (χ0n) is 13.9. The van der Waals surface area contributed by atoms with Gasteiger partial charge in [-0.25, -0.2) is 4.98 Å². The molecule has 11 heteroatoms. The summed E-state index contributed by atoms with van der Waals surface area (Å²) in [4.78, 5) is 8.08. The zero-order valence-corrected chi connectivity index (χ0v) is 15.4. The lowest BCUT2D eigenvalue weighted by atomic mass is 10.3. The van der Waals surface area contributed by atoms with Crippen LogP contribution >= 0.6 is 23.2 Å². The number of alkyl halides is 2. The van der Waals surface area contributed by atoms with Crippen molar-refractivity contribution in [2.24, 2.45) is 15.9 Å². The number of benzene rings is 1. The van der Waals surface area contributed by atoms with Gasteiger partial charge in [-0.3, -0.25) is 4.99 Å². The van der Waals surface area contributed by atoms with E-state index in [1.54, 1.807) is 0 Å². The molecule has 0 bridgehead atoms. The molecule has 1 heterocycles. The number of aliphatic imine (C=N–C) groups is 1. The summed E-state index contributed by atoms with van der Waals surface area (Å²) >= 11 is 11.6. The molecule has 2 N–H and O–H groups in total. The molecule has 0 saturated heterocycles. The minimum Gasteiger partial charge on any atom is -0.491 e. The molecule has 1 aromatic carbocycles. The van der Waals surface area contributed by atoms with Crippen molar-refractivity contribution in [1.29, 1.82) is 0 Å². The van der Waals surface area contributed by atoms with Crippen molar-refractivity contribution >= 4 is 40.8 Å². The van der Waals surface area contributed by atoms with Gasteiger partial charge >= 0.3 is 6.61 Å². The first-order valence-electron chi connectivity index (χ1n) is 7.30. The number of methoxy groups -OCH3 is 1. The molecule has 2 rings (SSSR count). The van der Waals surface area contributed by atoms with E-state index < -0.39 is 6.61 Å². The van der Waals surface area contributed by atoms with Crippen molar-refractivity contribution < 1.29 is 23.0 Å². The zero-order chi connectivity index (χ0) is 19.8. The van der Waals surface area contributed by atoms with Crippen molar-refractivity contribution in [3.8, 4) is 17.4 Å². The summed E-state index contributed by atoms with van der Waals surface area (Å²) in [6.45, 7) is -3.07. The van der Waals surface area contributed by atoms with E-state index >= 15 is 0 Å². The van der Waals surface area contributed by atoms with E-state index in [1.165, 1.54) is 43.8 Å². The fraction of sp³-hybridized carbons (Fsp3) is 0.188. The van der Waals surface area contributed by atoms with Crippen molar-refractivity contribution in [1.82, 2.24) is 4.98 Å². The number of nitrogens with two attached hydrogens (primary N) is 1. The molecular weight excluding hydrogens is 405 g/mol. The van der Waals surface area contributed by atoms with Gasteiger partial charge < -0.3 is 20.1 Å². The third-order valence-electron chi connectivity index (χ3n) is 3.02. The number of ether oxygens (including phenoxy) is 3. The van der Waals surface area contributed by atoms with E-state index in [4.69, 9.17) is 38.5 Å². The minimum absolute atomic E-state index is 0.0335. The molecule has 2 aromatic rings. The lowest BCUT2D eigenvalue weighted by molar-refractivity contribution is -0.0497. The molecule has 0 aliphatic carbocycles. The molecular formula is C16H14Cl2F2N4O3. The first kappa shape index (κ1) is 20.7. The maximum atomic E-state index is 12.4. The number of hydrazone groups is 1. The van der Waals surface area contributed by atoms with Crippen LogP contribution in [-0.4, -0.2) is 37.2 Å². The molecule has 0 aliphatic rings. The molecule has 1 aromatic heterocycles. The number of nitrogens with zero attached hydrogens (tertiary/aromatic N) is 3. The van der Waals surface area contributed by atoms with Crippen LogP contribution in [0.3, 0.4) is 0 Å². The second kappa shape index (κ2) is 9.89. The van der Waals surface area contributed by atoms with Gasteiger partial charge in [-0.2, -0.15) is 13.9 Å². The molecule has 27 heavy (non-hydrogen) atoms. The molecule has 0 amide bonds. The van der Waals surface area contributed by atoms with Gasteiger partial charge in [-0.1, -0.05) is 23.2 Å². The number of pyridine rings is 1. The fourth-order valence-electron chi connectivity index (χ4n) is 1.82. The Morgan fingerprint density at radius 3 is 2.74 bits per heavy atom. The standard InChI is InChI=1S/C16H14Cl2F2N4O3/c1-25-14-4-9(17)6-23-15(14)26-8-11(24-21)7-22-10-2-3-12(18)13(5-10)27-16(19)20/h2-7,16H,8,21H2,1H3. The number of halogens is 4. The molecule has 0 unspecified atom stereocenters. The number of aromatic nitrogens is 1. The van der Waals surface area contributed by atoms with E-state index in [1.807, 2.05) is 0 Å². The minimum atomic E-state index is -3.00. The van der Waals surface area contributed by atoms with Gasteiger partial charge in [-0.15, -0.1) is 0 Å². The smallest absolute Gasteiger partial charge is 0.387 e. The lowest BCUT2D eigenvalue weighted by Gasteiger charge is -2.09. The van der Waals surface area contributed by atoms with E-state index in [0.29, 0.717) is 16.5 Å². The SMILES string of the molecule is COc1cc(Cl)cnc1OCC(C=Nc1ccc(Cl)c(OC(F)F)c1)=NN. The van der Waals surface area contributed by atoms with Crippen molar-refractivity contribution in [2.75, 3.05) is 13.7 Å². The van der Waals surface area contributed by atoms with Crippen LogP contribution in [0.15, 0.2) is 40.6 Å². The number of hydrogen-bond donors (Lipinski definition) is 1. The van der Waals surface area contributed by atoms with Crippen LogP contribution in [-0.2, 0) is 0 Å². The quantitative estimate of drug-likeness (QED) is 0.395. The fourth-order valence-corrected chi connectivity index (χ4v) is 2.13. The summed E-state index contributed by atoms with van der Waals surface area (Å²) in [6, 6.07) is 5.68. The van der Waals surface area contributed by atoms with Crippen LogP contribution in [0.2, 0.25) is 10.0 Å². The molecule has 144 valence electrons. The molecule has 0 fully saturated rings. The second-order valence-corrected chi connectivity index (χ2v) is 5.67. The van der Waals surface area contributed by atoms with E-state index in [9.17, 15) is 8.78 Å². The Kier molecular flexibility index (Phi) is 7.56. The predicted molar refractivity (Wildman–Crippen MR) is 99.2 cm³/mol. The van der Waals surface area contributed by atoms with Crippen LogP contribution < -0.4 is 20.1 Å². The average molecular weight is 419 g/mol. The Morgan fingerprint density at radius 2 is 2.07 bits per heavy atom. The molecule has 7 nitrogen and oxygen atoms in total. The third kappa shape index (κ3) is 6.22. The van der Waals surface area contributed by atoms with Gasteiger partial charge in [0.25, 0.3) is 5.88 Å². The van der Waals surface area contributed by atoms with Gasteiger partial charge in [0, 0.05) is 18.3 Å². The van der Waals surface area contributed by atoms with Gasteiger partial charge in [0.05, 0.1) is 29.1 Å². The van der Waals surface area contributed by atoms with E-state index in [2.05, 4.69) is 19.8 Å². The number of rotatable bonds is 8. The van der Waals surface area contributed by atoms with Crippen LogP contribution in [0.1, 0.15) is 0 Å². The number of hydrogen-bond acceptors (Lipinski definition) is 7. The summed E-state index contributed by atoms with van der Waals surface area (Å²) in [5.41, 5.74) is 0.554. The van der Waals surface area contributed by atoms with E-state index in [0.717, 1.165) is 0 Å². The Morgan fingerprint density at radius 1 is 1.30 bits per heavy atom. The molecule has 0 spiro atoms. The second-order valence-electron chi connectivity index (χ2n) is 4.82. The Bertz CT molecular complexity index is 850. The summed E-state index contributed by atoms with van der Waals surface area (Å²) < 4.78 is 39.6. The lowest BCUT2D eigenvalue weighted by Crippen LogP contribution is -2.15. The largest absolute Gasteiger partial charge is 0.491 e. The Balaban J connectivity index is 2.07. The Labute approximate surface area is 163 Å². The molecule has 0 saturated carbocycles. The average Bonchev–Trinajstić information content (AvgIpc) is 2.64. The summed E-state index contributed by atoms with van der Waals surface area (Å²) in [7, 11) is 1.44. The third-order valence-corrected chi connectivity index (χ3v) is 3.54. The van der Waals surface area contributed by atoms with Gasteiger partial charge in [0.15, 0.2) is 5.75 Å². The maximum Gasteiger partial charge on any atom is 0.387 e. The molecule has 0 aliphatic heterocycles. The van der Waals surface area contributed by atoms with Gasteiger partial charge in [0.2, 0.25) is 0 Å². The van der Waals surface area contributed by atoms with Crippen LogP contribution in [0, 0.1) is 0 Å². The van der Waals surface area contributed by atoms with Crippen LogP contribution in [0.25, 0.3) is 0 Å². The monoisotopic (exact) mass is 418 g/mol. The van der Waals surface area contributed by atoms with Crippen LogP contribution in [0.5, 0.6) is 17.4 Å². The topological polar surface area (TPSA) is 91.3 Å². The van der Waals surface area contributed by atoms with Crippen molar-refractivity contribution in [3.63, 3.8) is 0 Å². The van der Waals surface area contributed by atoms with Crippen molar-refractivity contribution in [2.45, 2.75) is 6.61 Å². The first-order chi connectivity index (χ1) is 12.9. The van der Waals surface area contributed by atoms with E-state index in [-0.39, 0.29) is 29.0 Å². The van der Waals surface area contributed by atoms with Gasteiger partial charge in [0.1, 0.15) is 18.1 Å². The normalized spacial score (nSPS) is 11.9. The highest BCUT2D eigenvalue weighted by Crippen LogP contribution is 2.30. The molecule has 0 atom stereocenters. The van der Waals surface area contributed by atoms with Gasteiger partial charge in [-0.05, 0) is 12.1 Å². The van der Waals surface area contributed by atoms with Crippen molar-refractivity contribution in [3.05, 3.63) is 40.5 Å². The predicted octanol–water partition coefficient (Wildman–Crippen LogP) is 4.09. The highest BCUT2D eigenvalue weighted by Gasteiger charge is 2.10. The summed E-state index contributed by atoms with van der Waals surface area (Å²) in [6.07, 6.45) is 2.70. The molecule has 0 radical (unpaired) electrons. The maximum absolute atomic E-state index is 12.4. The Hall–Kier alpha value is -2.65. The van der Waals surface area contributed by atoms with Crippen LogP contribution in [0.4, 0.5) is 14.5 Å². The highest BCUT2D eigenvalue weighted by molar-refractivity contribution is 6.32. The summed E-state index contributed by atoms with van der Waals surface area (Å²) in [5, 5.41) is 3.97. The highest BCUT2D eigenvalue weighted by atomic mass is 35.5.